The second-order valence-electron chi connectivity index (χ2n) is 3.58. The van der Waals surface area contributed by atoms with Crippen LogP contribution in [-0.4, -0.2) is 25.6 Å². The van der Waals surface area contributed by atoms with Gasteiger partial charge in [0.25, 0.3) is 0 Å². The molecular formula is C12H15BrO3. The van der Waals surface area contributed by atoms with E-state index < -0.39 is 0 Å². The van der Waals surface area contributed by atoms with Gasteiger partial charge in [0.2, 0.25) is 0 Å². The highest BCUT2D eigenvalue weighted by Gasteiger charge is 2.12. The summed E-state index contributed by atoms with van der Waals surface area (Å²) in [5, 5.41) is 0. The molecule has 1 rings (SSSR count). The Balaban J connectivity index is 2.92. The minimum Gasteiger partial charge on any atom is -0.488 e. The molecule has 0 radical (unpaired) electrons. The van der Waals surface area contributed by atoms with Crippen LogP contribution in [0.4, 0.5) is 0 Å². The van der Waals surface area contributed by atoms with Crippen molar-refractivity contribution in [3.8, 4) is 5.75 Å². The van der Waals surface area contributed by atoms with Crippen molar-refractivity contribution in [3.05, 3.63) is 28.2 Å². The number of benzene rings is 1. The molecule has 1 aromatic carbocycles. The summed E-state index contributed by atoms with van der Waals surface area (Å²) in [7, 11) is 1.62. The summed E-state index contributed by atoms with van der Waals surface area (Å²) in [5.41, 5.74) is 0.589. The van der Waals surface area contributed by atoms with Crippen LogP contribution in [0.25, 0.3) is 0 Å². The highest BCUT2D eigenvalue weighted by Crippen LogP contribution is 2.25. The Hall–Kier alpha value is -0.870. The molecule has 88 valence electrons. The van der Waals surface area contributed by atoms with Crippen LogP contribution in [-0.2, 0) is 4.74 Å². The van der Waals surface area contributed by atoms with E-state index in [0.29, 0.717) is 17.9 Å². The molecule has 0 spiro atoms. The molecule has 0 aromatic heterocycles. The zero-order valence-corrected chi connectivity index (χ0v) is 11.2. The highest BCUT2D eigenvalue weighted by atomic mass is 79.9. The number of hydrogen-bond acceptors (Lipinski definition) is 3. The molecule has 0 heterocycles. The van der Waals surface area contributed by atoms with E-state index in [4.69, 9.17) is 9.47 Å². The zero-order valence-electron chi connectivity index (χ0n) is 9.62. The molecule has 0 N–H and O–H groups in total. The van der Waals surface area contributed by atoms with Crippen LogP contribution < -0.4 is 4.74 Å². The molecule has 1 atom stereocenters. The van der Waals surface area contributed by atoms with Gasteiger partial charge in [-0.25, -0.2) is 0 Å². The third-order valence-electron chi connectivity index (χ3n) is 2.05. The Morgan fingerprint density at radius 1 is 1.50 bits per heavy atom. The molecule has 0 aliphatic rings. The topological polar surface area (TPSA) is 35.5 Å². The molecule has 3 nitrogen and oxygen atoms in total. The molecule has 1 aromatic rings. The van der Waals surface area contributed by atoms with Gasteiger partial charge in [0.05, 0.1) is 12.2 Å². The van der Waals surface area contributed by atoms with E-state index in [9.17, 15) is 4.79 Å². The smallest absolute Gasteiger partial charge is 0.163 e. The maximum Gasteiger partial charge on any atom is 0.163 e. The van der Waals surface area contributed by atoms with Crippen LogP contribution in [0.1, 0.15) is 24.2 Å². The van der Waals surface area contributed by atoms with Crippen LogP contribution >= 0.6 is 15.9 Å². The summed E-state index contributed by atoms with van der Waals surface area (Å²) in [5.74, 6) is 0.582. The van der Waals surface area contributed by atoms with Gasteiger partial charge in [0.15, 0.2) is 5.78 Å². The van der Waals surface area contributed by atoms with Crippen molar-refractivity contribution in [1.29, 1.82) is 0 Å². The molecule has 1 unspecified atom stereocenters. The van der Waals surface area contributed by atoms with E-state index in [1.807, 2.05) is 13.0 Å². The summed E-state index contributed by atoms with van der Waals surface area (Å²) in [6.07, 6.45) is -0.0857. The summed E-state index contributed by atoms with van der Waals surface area (Å²) >= 11 is 3.35. The number of carbonyl (C=O) groups is 1. The normalized spacial score (nSPS) is 12.2. The Bertz CT molecular complexity index is 377. The van der Waals surface area contributed by atoms with E-state index in [0.717, 1.165) is 4.47 Å². The number of carbonyl (C=O) groups excluding carboxylic acids is 1. The molecule has 0 amide bonds. The first-order valence-corrected chi connectivity index (χ1v) is 5.80. The first kappa shape index (κ1) is 13.2. The summed E-state index contributed by atoms with van der Waals surface area (Å²) in [6.45, 7) is 3.91. The van der Waals surface area contributed by atoms with Crippen LogP contribution in [0.2, 0.25) is 0 Å². The fourth-order valence-corrected chi connectivity index (χ4v) is 1.71. The zero-order chi connectivity index (χ0) is 12.1. The molecule has 0 fully saturated rings. The van der Waals surface area contributed by atoms with Crippen molar-refractivity contribution in [3.63, 3.8) is 0 Å². The number of methoxy groups -OCH3 is 1. The number of ether oxygens (including phenoxy) is 2. The summed E-state index contributed by atoms with van der Waals surface area (Å²) in [4.78, 5) is 11.4. The van der Waals surface area contributed by atoms with E-state index in [1.165, 1.54) is 6.92 Å². The maximum atomic E-state index is 11.4. The second-order valence-corrected chi connectivity index (χ2v) is 4.50. The standard InChI is InChI=1S/C12H15BrO3/c1-8(7-15-3)16-12-6-10(13)4-5-11(12)9(2)14/h4-6,8H,7H2,1-3H3. The minimum absolute atomic E-state index is 0.00730. The van der Waals surface area contributed by atoms with Gasteiger partial charge in [-0.3, -0.25) is 4.79 Å². The number of hydrogen-bond donors (Lipinski definition) is 0. The lowest BCUT2D eigenvalue weighted by atomic mass is 10.1. The van der Waals surface area contributed by atoms with Gasteiger partial charge in [-0.05, 0) is 32.0 Å². The van der Waals surface area contributed by atoms with Crippen molar-refractivity contribution >= 4 is 21.7 Å². The lowest BCUT2D eigenvalue weighted by molar-refractivity contribution is 0.0889. The van der Waals surface area contributed by atoms with E-state index in [-0.39, 0.29) is 11.9 Å². The van der Waals surface area contributed by atoms with Gasteiger partial charge in [-0.2, -0.15) is 0 Å². The molecule has 4 heteroatoms. The average Bonchev–Trinajstić information content (AvgIpc) is 2.17. The monoisotopic (exact) mass is 286 g/mol. The van der Waals surface area contributed by atoms with E-state index in [2.05, 4.69) is 15.9 Å². The van der Waals surface area contributed by atoms with Gasteiger partial charge < -0.3 is 9.47 Å². The van der Waals surface area contributed by atoms with Crippen molar-refractivity contribution in [2.24, 2.45) is 0 Å². The quantitative estimate of drug-likeness (QED) is 0.781. The lowest BCUT2D eigenvalue weighted by Crippen LogP contribution is -2.19. The summed E-state index contributed by atoms with van der Waals surface area (Å²) < 4.78 is 11.5. The Kier molecular flexibility index (Phi) is 4.96. The molecule has 16 heavy (non-hydrogen) atoms. The molecule has 0 saturated heterocycles. The van der Waals surface area contributed by atoms with Gasteiger partial charge in [0, 0.05) is 11.6 Å². The number of ketones is 1. The van der Waals surface area contributed by atoms with Gasteiger partial charge in [-0.1, -0.05) is 15.9 Å². The molecule has 0 aliphatic carbocycles. The van der Waals surface area contributed by atoms with Crippen molar-refractivity contribution in [1.82, 2.24) is 0 Å². The summed E-state index contributed by atoms with van der Waals surface area (Å²) in [6, 6.07) is 5.37. The third kappa shape index (κ3) is 3.61. The van der Waals surface area contributed by atoms with Crippen LogP contribution in [0, 0.1) is 0 Å². The lowest BCUT2D eigenvalue weighted by Gasteiger charge is -2.16. The Morgan fingerprint density at radius 2 is 2.19 bits per heavy atom. The van der Waals surface area contributed by atoms with E-state index in [1.54, 1.807) is 19.2 Å². The van der Waals surface area contributed by atoms with Gasteiger partial charge in [0.1, 0.15) is 11.9 Å². The predicted octanol–water partition coefficient (Wildman–Crippen LogP) is 3.07. The fourth-order valence-electron chi connectivity index (χ4n) is 1.37. The SMILES string of the molecule is COCC(C)Oc1cc(Br)ccc1C(C)=O. The number of rotatable bonds is 5. The Morgan fingerprint density at radius 3 is 2.75 bits per heavy atom. The molecule has 0 aliphatic heterocycles. The van der Waals surface area contributed by atoms with Crippen molar-refractivity contribution in [2.45, 2.75) is 20.0 Å². The van der Waals surface area contributed by atoms with E-state index >= 15 is 0 Å². The van der Waals surface area contributed by atoms with Crippen molar-refractivity contribution < 1.29 is 14.3 Å². The molecule has 0 bridgehead atoms. The fraction of sp³-hybridized carbons (Fsp3) is 0.417. The van der Waals surface area contributed by atoms with Gasteiger partial charge in [-0.15, -0.1) is 0 Å². The first-order chi connectivity index (χ1) is 7.54. The predicted molar refractivity (Wildman–Crippen MR) is 66.1 cm³/mol. The number of Topliss-reactive ketones (excluding diaryl/α,β-unsaturated/α-hetero) is 1. The highest BCUT2D eigenvalue weighted by molar-refractivity contribution is 9.10. The van der Waals surface area contributed by atoms with Crippen molar-refractivity contribution in [2.75, 3.05) is 13.7 Å². The minimum atomic E-state index is -0.0857. The third-order valence-corrected chi connectivity index (χ3v) is 2.55. The second kappa shape index (κ2) is 6.01. The average molecular weight is 287 g/mol. The van der Waals surface area contributed by atoms with Crippen LogP contribution in [0.5, 0.6) is 5.75 Å². The number of halogens is 1. The van der Waals surface area contributed by atoms with Gasteiger partial charge >= 0.3 is 0 Å². The maximum absolute atomic E-state index is 11.4. The largest absolute Gasteiger partial charge is 0.488 e. The Labute approximate surface area is 104 Å². The molecular weight excluding hydrogens is 272 g/mol. The molecule has 0 saturated carbocycles. The van der Waals surface area contributed by atoms with Crippen LogP contribution in [0.3, 0.4) is 0 Å². The first-order valence-electron chi connectivity index (χ1n) is 5.00. The van der Waals surface area contributed by atoms with Crippen LogP contribution in [0.15, 0.2) is 22.7 Å².